The number of hydrogen-bond acceptors (Lipinski definition) is 4. The van der Waals surface area contributed by atoms with E-state index in [9.17, 15) is 0 Å². The van der Waals surface area contributed by atoms with Gasteiger partial charge in [-0.3, -0.25) is 0 Å². The lowest BCUT2D eigenvalue weighted by Crippen LogP contribution is -2.02. The Morgan fingerprint density at radius 1 is 1.17 bits per heavy atom. The van der Waals surface area contributed by atoms with Crippen molar-refractivity contribution in [1.29, 1.82) is 0 Å². The maximum Gasteiger partial charge on any atom is 0.149 e. The molecule has 0 spiro atoms. The quantitative estimate of drug-likeness (QED) is 0.897. The zero-order chi connectivity index (χ0) is 13.0. The van der Waals surface area contributed by atoms with Crippen LogP contribution < -0.4 is 10.1 Å². The molecular formula is C14H17N3O. The number of anilines is 1. The van der Waals surface area contributed by atoms with Gasteiger partial charge in [0.15, 0.2) is 0 Å². The summed E-state index contributed by atoms with van der Waals surface area (Å²) < 4.78 is 5.16. The highest BCUT2D eigenvalue weighted by molar-refractivity contribution is 5.68. The van der Waals surface area contributed by atoms with Gasteiger partial charge in [-0.15, -0.1) is 5.10 Å². The van der Waals surface area contributed by atoms with Gasteiger partial charge in [-0.25, -0.2) is 0 Å². The Morgan fingerprint density at radius 3 is 2.50 bits per heavy atom. The van der Waals surface area contributed by atoms with E-state index >= 15 is 0 Å². The van der Waals surface area contributed by atoms with Crippen LogP contribution in [0.5, 0.6) is 5.75 Å². The van der Waals surface area contributed by atoms with Crippen LogP contribution in [0.15, 0.2) is 30.3 Å². The van der Waals surface area contributed by atoms with E-state index < -0.39 is 0 Å². The minimum atomic E-state index is 0.800. The first-order valence-electron chi connectivity index (χ1n) is 5.97. The molecule has 0 aliphatic heterocycles. The van der Waals surface area contributed by atoms with E-state index in [1.807, 2.05) is 44.2 Å². The summed E-state index contributed by atoms with van der Waals surface area (Å²) >= 11 is 0. The standard InChI is InChI=1S/C14H17N3O/c1-4-15-14-9-13(10(2)16-17-14)11-5-7-12(18-3)8-6-11/h5-9H,4H2,1-3H3,(H,15,17). The Hall–Kier alpha value is -2.10. The zero-order valence-electron chi connectivity index (χ0n) is 10.9. The number of nitrogens with one attached hydrogen (secondary N) is 1. The molecule has 0 atom stereocenters. The molecule has 18 heavy (non-hydrogen) atoms. The number of nitrogens with zero attached hydrogens (tertiary/aromatic N) is 2. The molecule has 1 aromatic heterocycles. The van der Waals surface area contributed by atoms with Gasteiger partial charge >= 0.3 is 0 Å². The van der Waals surface area contributed by atoms with E-state index in [4.69, 9.17) is 4.74 Å². The van der Waals surface area contributed by atoms with E-state index in [1.165, 1.54) is 0 Å². The SMILES string of the molecule is CCNc1cc(-c2ccc(OC)cc2)c(C)nn1. The minimum absolute atomic E-state index is 0.800. The first-order chi connectivity index (χ1) is 8.74. The maximum absolute atomic E-state index is 5.16. The topological polar surface area (TPSA) is 47.0 Å². The van der Waals surface area contributed by atoms with Gasteiger partial charge in [-0.1, -0.05) is 12.1 Å². The Morgan fingerprint density at radius 2 is 1.89 bits per heavy atom. The summed E-state index contributed by atoms with van der Waals surface area (Å²) in [6.45, 7) is 4.83. The third-order valence-corrected chi connectivity index (χ3v) is 2.74. The van der Waals surface area contributed by atoms with Gasteiger partial charge < -0.3 is 10.1 Å². The van der Waals surface area contributed by atoms with E-state index in [1.54, 1.807) is 7.11 Å². The smallest absolute Gasteiger partial charge is 0.149 e. The fraction of sp³-hybridized carbons (Fsp3) is 0.286. The summed E-state index contributed by atoms with van der Waals surface area (Å²) in [4.78, 5) is 0. The molecule has 0 aliphatic carbocycles. The van der Waals surface area contributed by atoms with E-state index in [0.717, 1.165) is 34.9 Å². The molecule has 4 nitrogen and oxygen atoms in total. The third kappa shape index (κ3) is 2.59. The molecule has 0 radical (unpaired) electrons. The predicted molar refractivity (Wildman–Crippen MR) is 72.9 cm³/mol. The fourth-order valence-corrected chi connectivity index (χ4v) is 1.78. The number of ether oxygens (including phenoxy) is 1. The van der Waals surface area contributed by atoms with Gasteiger partial charge in [0.1, 0.15) is 11.6 Å². The molecule has 0 fully saturated rings. The van der Waals surface area contributed by atoms with Crippen molar-refractivity contribution in [3.05, 3.63) is 36.0 Å². The van der Waals surface area contributed by atoms with Crippen molar-refractivity contribution in [3.63, 3.8) is 0 Å². The number of aromatic nitrogens is 2. The normalized spacial score (nSPS) is 10.2. The van der Waals surface area contributed by atoms with E-state index in [2.05, 4.69) is 15.5 Å². The molecule has 2 rings (SSSR count). The lowest BCUT2D eigenvalue weighted by Gasteiger charge is -2.08. The maximum atomic E-state index is 5.16. The number of benzene rings is 1. The van der Waals surface area contributed by atoms with Crippen LogP contribution in [0.4, 0.5) is 5.82 Å². The summed E-state index contributed by atoms with van der Waals surface area (Å²) in [5.41, 5.74) is 3.12. The zero-order valence-corrected chi connectivity index (χ0v) is 10.9. The van der Waals surface area contributed by atoms with Crippen molar-refractivity contribution in [1.82, 2.24) is 10.2 Å². The Labute approximate surface area is 107 Å². The lowest BCUT2D eigenvalue weighted by atomic mass is 10.1. The van der Waals surface area contributed by atoms with Crippen molar-refractivity contribution in [3.8, 4) is 16.9 Å². The highest BCUT2D eigenvalue weighted by Crippen LogP contribution is 2.25. The monoisotopic (exact) mass is 243 g/mol. The summed E-state index contributed by atoms with van der Waals surface area (Å²) in [6.07, 6.45) is 0. The van der Waals surface area contributed by atoms with Crippen molar-refractivity contribution in [2.45, 2.75) is 13.8 Å². The average Bonchev–Trinajstić information content (AvgIpc) is 2.41. The predicted octanol–water partition coefficient (Wildman–Crippen LogP) is 2.89. The molecule has 0 saturated heterocycles. The molecule has 0 amide bonds. The van der Waals surface area contributed by atoms with Gasteiger partial charge in [-0.05, 0) is 37.6 Å². The molecule has 0 aliphatic rings. The second kappa shape index (κ2) is 5.49. The third-order valence-electron chi connectivity index (χ3n) is 2.74. The molecular weight excluding hydrogens is 226 g/mol. The largest absolute Gasteiger partial charge is 0.497 e. The first kappa shape index (κ1) is 12.4. The molecule has 0 saturated carbocycles. The molecule has 1 aromatic carbocycles. The summed E-state index contributed by atoms with van der Waals surface area (Å²) in [6, 6.07) is 9.97. The second-order valence-electron chi connectivity index (χ2n) is 3.99. The van der Waals surface area contributed by atoms with Crippen molar-refractivity contribution >= 4 is 5.82 Å². The first-order valence-corrected chi connectivity index (χ1v) is 5.97. The second-order valence-corrected chi connectivity index (χ2v) is 3.99. The molecule has 4 heteroatoms. The molecule has 1 heterocycles. The van der Waals surface area contributed by atoms with Crippen LogP contribution in [-0.4, -0.2) is 23.9 Å². The molecule has 1 N–H and O–H groups in total. The van der Waals surface area contributed by atoms with E-state index in [-0.39, 0.29) is 0 Å². The van der Waals surface area contributed by atoms with Gasteiger partial charge in [0.2, 0.25) is 0 Å². The van der Waals surface area contributed by atoms with Crippen LogP contribution >= 0.6 is 0 Å². The molecule has 0 bridgehead atoms. The molecule has 2 aromatic rings. The number of methoxy groups -OCH3 is 1. The van der Waals surface area contributed by atoms with Gasteiger partial charge in [0.25, 0.3) is 0 Å². The summed E-state index contributed by atoms with van der Waals surface area (Å²) in [7, 11) is 1.66. The van der Waals surface area contributed by atoms with Crippen molar-refractivity contribution in [2.75, 3.05) is 19.0 Å². The van der Waals surface area contributed by atoms with Crippen molar-refractivity contribution in [2.24, 2.45) is 0 Å². The van der Waals surface area contributed by atoms with Crippen molar-refractivity contribution < 1.29 is 4.74 Å². The molecule has 94 valence electrons. The Kier molecular flexibility index (Phi) is 3.77. The molecule has 0 unspecified atom stereocenters. The van der Waals surface area contributed by atoms with Crippen LogP contribution in [-0.2, 0) is 0 Å². The van der Waals surface area contributed by atoms with Crippen LogP contribution in [0, 0.1) is 6.92 Å². The van der Waals surface area contributed by atoms with Gasteiger partial charge in [-0.2, -0.15) is 5.10 Å². The van der Waals surface area contributed by atoms with E-state index in [0.29, 0.717) is 0 Å². The highest BCUT2D eigenvalue weighted by Gasteiger charge is 2.06. The number of rotatable bonds is 4. The fourth-order valence-electron chi connectivity index (χ4n) is 1.78. The number of hydrogen-bond donors (Lipinski definition) is 1. The van der Waals surface area contributed by atoms with Gasteiger partial charge in [0, 0.05) is 12.1 Å². The van der Waals surface area contributed by atoms with Gasteiger partial charge in [0.05, 0.1) is 12.8 Å². The minimum Gasteiger partial charge on any atom is -0.497 e. The highest BCUT2D eigenvalue weighted by atomic mass is 16.5. The Balaban J connectivity index is 2.38. The van der Waals surface area contributed by atoms with Crippen LogP contribution in [0.3, 0.4) is 0 Å². The lowest BCUT2D eigenvalue weighted by molar-refractivity contribution is 0.415. The summed E-state index contributed by atoms with van der Waals surface area (Å²) in [5.74, 6) is 1.65. The van der Waals surface area contributed by atoms with Crippen LogP contribution in [0.1, 0.15) is 12.6 Å². The van der Waals surface area contributed by atoms with Crippen LogP contribution in [0.2, 0.25) is 0 Å². The Bertz CT molecular complexity index is 523. The average molecular weight is 243 g/mol. The number of aryl methyl sites for hydroxylation is 1. The summed E-state index contributed by atoms with van der Waals surface area (Å²) in [5, 5.41) is 11.4. The van der Waals surface area contributed by atoms with Crippen LogP contribution in [0.25, 0.3) is 11.1 Å².